The van der Waals surface area contributed by atoms with E-state index in [1.54, 1.807) is 30.3 Å². The maximum atomic E-state index is 11.6. The number of urea groups is 1. The van der Waals surface area contributed by atoms with Crippen molar-refractivity contribution in [1.82, 2.24) is 0 Å². The molecular weight excluding hydrogens is 271 g/mol. The zero-order valence-electron chi connectivity index (χ0n) is 9.31. The third kappa shape index (κ3) is 2.75. The summed E-state index contributed by atoms with van der Waals surface area (Å²) in [6, 6.07) is 13.3. The molecule has 0 heterocycles. The largest absolute Gasteiger partial charge is 0.351 e. The molecule has 0 fully saturated rings. The van der Waals surface area contributed by atoms with E-state index in [1.807, 2.05) is 18.2 Å². The Morgan fingerprint density at radius 3 is 2.00 bits per heavy atom. The Hall–Kier alpha value is -1.71. The van der Waals surface area contributed by atoms with Crippen molar-refractivity contribution in [3.05, 3.63) is 58.6 Å². The zero-order valence-corrected chi connectivity index (χ0v) is 10.8. The van der Waals surface area contributed by atoms with Gasteiger partial charge in [0.05, 0.1) is 11.4 Å². The van der Waals surface area contributed by atoms with Gasteiger partial charge in [0.15, 0.2) is 0 Å². The molecule has 0 spiro atoms. The molecule has 2 amide bonds. The average molecular weight is 281 g/mol. The van der Waals surface area contributed by atoms with Crippen LogP contribution in [0.2, 0.25) is 10.0 Å². The Bertz CT molecular complexity index is 552. The van der Waals surface area contributed by atoms with Gasteiger partial charge < -0.3 is 5.73 Å². The second-order valence-electron chi connectivity index (χ2n) is 3.64. The van der Waals surface area contributed by atoms with Gasteiger partial charge in [0.1, 0.15) is 0 Å². The lowest BCUT2D eigenvalue weighted by Crippen LogP contribution is -2.31. The molecule has 92 valence electrons. The third-order valence-corrected chi connectivity index (χ3v) is 2.78. The van der Waals surface area contributed by atoms with E-state index >= 15 is 0 Å². The molecule has 0 unspecified atom stereocenters. The minimum absolute atomic E-state index is 0.444. The predicted octanol–water partition coefficient (Wildman–Crippen LogP) is 4.21. The number of nitrogens with zero attached hydrogens (tertiary/aromatic N) is 1. The summed E-state index contributed by atoms with van der Waals surface area (Å²) in [6.45, 7) is 0. The number of carbonyl (C=O) groups excluding carboxylic acids is 1. The van der Waals surface area contributed by atoms with Gasteiger partial charge in [0.2, 0.25) is 0 Å². The molecule has 0 saturated carbocycles. The first kappa shape index (κ1) is 12.7. The van der Waals surface area contributed by atoms with Crippen molar-refractivity contribution in [2.24, 2.45) is 5.73 Å². The van der Waals surface area contributed by atoms with Gasteiger partial charge in [-0.05, 0) is 30.3 Å². The molecule has 18 heavy (non-hydrogen) atoms. The fraction of sp³-hybridized carbons (Fsp3) is 0. The minimum Gasteiger partial charge on any atom is -0.351 e. The molecule has 0 bridgehead atoms. The highest BCUT2D eigenvalue weighted by Crippen LogP contribution is 2.30. The quantitative estimate of drug-likeness (QED) is 0.880. The van der Waals surface area contributed by atoms with Gasteiger partial charge in [-0.25, -0.2) is 4.79 Å². The van der Waals surface area contributed by atoms with Crippen molar-refractivity contribution >= 4 is 40.6 Å². The maximum Gasteiger partial charge on any atom is 0.323 e. The Morgan fingerprint density at radius 2 is 1.50 bits per heavy atom. The molecule has 3 nitrogen and oxygen atoms in total. The molecule has 0 radical (unpaired) electrons. The molecule has 0 atom stereocenters. The number of amides is 2. The smallest absolute Gasteiger partial charge is 0.323 e. The van der Waals surface area contributed by atoms with Crippen LogP contribution >= 0.6 is 23.2 Å². The number of anilines is 2. The van der Waals surface area contributed by atoms with Gasteiger partial charge in [-0.15, -0.1) is 0 Å². The second-order valence-corrected chi connectivity index (χ2v) is 4.51. The monoisotopic (exact) mass is 280 g/mol. The molecule has 5 heteroatoms. The molecule has 2 aromatic rings. The van der Waals surface area contributed by atoms with Crippen LogP contribution in [-0.4, -0.2) is 6.03 Å². The summed E-state index contributed by atoms with van der Waals surface area (Å²) in [6.07, 6.45) is 0. The second kappa shape index (κ2) is 5.29. The van der Waals surface area contributed by atoms with E-state index in [1.165, 1.54) is 4.90 Å². The van der Waals surface area contributed by atoms with Crippen molar-refractivity contribution in [3.8, 4) is 0 Å². The Labute approximate surface area is 115 Å². The standard InChI is InChI=1S/C13H10Cl2N2O/c14-9-6-10(15)8-12(7-9)17(13(16)18)11-4-2-1-3-5-11/h1-8H,(H2,16,18). The van der Waals surface area contributed by atoms with E-state index in [9.17, 15) is 4.79 Å². The van der Waals surface area contributed by atoms with E-state index < -0.39 is 6.03 Å². The molecule has 2 N–H and O–H groups in total. The number of primary amides is 1. The average Bonchev–Trinajstić information content (AvgIpc) is 2.28. The van der Waals surface area contributed by atoms with Crippen LogP contribution in [0.4, 0.5) is 16.2 Å². The highest BCUT2D eigenvalue weighted by atomic mass is 35.5. The lowest BCUT2D eigenvalue weighted by molar-refractivity contribution is 0.256. The summed E-state index contributed by atoms with van der Waals surface area (Å²) in [5.74, 6) is 0. The van der Waals surface area contributed by atoms with Gasteiger partial charge in [-0.3, -0.25) is 4.90 Å². The van der Waals surface area contributed by atoms with Gasteiger partial charge >= 0.3 is 6.03 Å². The number of para-hydroxylation sites is 1. The first-order chi connectivity index (χ1) is 8.58. The Morgan fingerprint density at radius 1 is 0.944 bits per heavy atom. The SMILES string of the molecule is NC(=O)N(c1ccccc1)c1cc(Cl)cc(Cl)c1. The number of halogens is 2. The molecule has 2 rings (SSSR count). The minimum atomic E-state index is -0.598. The van der Waals surface area contributed by atoms with Crippen LogP contribution in [0.5, 0.6) is 0 Å². The number of nitrogens with two attached hydrogens (primary N) is 1. The lowest BCUT2D eigenvalue weighted by atomic mass is 10.2. The Balaban J connectivity index is 2.52. The molecule has 0 saturated heterocycles. The molecular formula is C13H10Cl2N2O. The molecule has 0 aliphatic rings. The van der Waals surface area contributed by atoms with E-state index in [2.05, 4.69) is 0 Å². The van der Waals surface area contributed by atoms with Crippen molar-refractivity contribution in [1.29, 1.82) is 0 Å². The van der Waals surface area contributed by atoms with Crippen LogP contribution in [0, 0.1) is 0 Å². The van der Waals surface area contributed by atoms with Crippen LogP contribution in [-0.2, 0) is 0 Å². The van der Waals surface area contributed by atoms with Crippen molar-refractivity contribution in [2.45, 2.75) is 0 Å². The molecule has 2 aromatic carbocycles. The Kier molecular flexibility index (Phi) is 3.75. The predicted molar refractivity (Wildman–Crippen MR) is 74.6 cm³/mol. The number of rotatable bonds is 2. The highest BCUT2D eigenvalue weighted by Gasteiger charge is 2.15. The lowest BCUT2D eigenvalue weighted by Gasteiger charge is -2.21. The van der Waals surface area contributed by atoms with E-state index in [0.29, 0.717) is 21.4 Å². The fourth-order valence-electron chi connectivity index (χ4n) is 1.65. The van der Waals surface area contributed by atoms with E-state index in [4.69, 9.17) is 28.9 Å². The third-order valence-electron chi connectivity index (χ3n) is 2.34. The highest BCUT2D eigenvalue weighted by molar-refractivity contribution is 6.35. The molecule has 0 aliphatic carbocycles. The van der Waals surface area contributed by atoms with E-state index in [-0.39, 0.29) is 0 Å². The summed E-state index contributed by atoms with van der Waals surface area (Å²) in [5, 5.41) is 0.888. The van der Waals surface area contributed by atoms with Crippen LogP contribution in [0.3, 0.4) is 0 Å². The maximum absolute atomic E-state index is 11.6. The van der Waals surface area contributed by atoms with Crippen LogP contribution < -0.4 is 10.6 Å². The summed E-state index contributed by atoms with van der Waals surface area (Å²) < 4.78 is 0. The number of hydrogen-bond donors (Lipinski definition) is 1. The van der Waals surface area contributed by atoms with Gasteiger partial charge in [0.25, 0.3) is 0 Å². The summed E-state index contributed by atoms with van der Waals surface area (Å²) >= 11 is 11.8. The zero-order chi connectivity index (χ0) is 13.1. The summed E-state index contributed by atoms with van der Waals surface area (Å²) in [5.41, 5.74) is 6.59. The van der Waals surface area contributed by atoms with Gasteiger partial charge in [0, 0.05) is 10.0 Å². The summed E-state index contributed by atoms with van der Waals surface area (Å²) in [4.78, 5) is 12.9. The van der Waals surface area contributed by atoms with Gasteiger partial charge in [-0.2, -0.15) is 0 Å². The van der Waals surface area contributed by atoms with Crippen molar-refractivity contribution < 1.29 is 4.79 Å². The number of hydrogen-bond acceptors (Lipinski definition) is 1. The molecule has 0 aromatic heterocycles. The van der Waals surface area contributed by atoms with Crippen LogP contribution in [0.1, 0.15) is 0 Å². The summed E-state index contributed by atoms with van der Waals surface area (Å²) in [7, 11) is 0. The number of carbonyl (C=O) groups is 1. The first-order valence-corrected chi connectivity index (χ1v) is 5.94. The fourth-order valence-corrected chi connectivity index (χ4v) is 2.16. The van der Waals surface area contributed by atoms with Crippen LogP contribution in [0.25, 0.3) is 0 Å². The van der Waals surface area contributed by atoms with Gasteiger partial charge in [-0.1, -0.05) is 41.4 Å². The topological polar surface area (TPSA) is 46.3 Å². The van der Waals surface area contributed by atoms with Crippen molar-refractivity contribution in [3.63, 3.8) is 0 Å². The van der Waals surface area contributed by atoms with Crippen LogP contribution in [0.15, 0.2) is 48.5 Å². The molecule has 0 aliphatic heterocycles. The van der Waals surface area contributed by atoms with E-state index in [0.717, 1.165) is 0 Å². The first-order valence-electron chi connectivity index (χ1n) is 5.18. The van der Waals surface area contributed by atoms with Crippen molar-refractivity contribution in [2.75, 3.05) is 4.90 Å². The number of benzene rings is 2. The normalized spacial score (nSPS) is 10.1.